The quantitative estimate of drug-likeness (QED) is 0.822. The molecule has 1 fully saturated rings. The first-order valence-electron chi connectivity index (χ1n) is 7.71. The number of likely N-dealkylation sites (tertiary alicyclic amines) is 1. The molecular weight excluding hydrogens is 275 g/mol. The molecule has 1 aliphatic heterocycles. The molecule has 2 aromatic rings. The summed E-state index contributed by atoms with van der Waals surface area (Å²) in [6.45, 7) is 6.40. The van der Waals surface area contributed by atoms with Crippen LogP contribution in [0.1, 0.15) is 45.3 Å². The van der Waals surface area contributed by atoms with E-state index in [1.54, 1.807) is 0 Å². The molecule has 0 bridgehead atoms. The third kappa shape index (κ3) is 2.98. The van der Waals surface area contributed by atoms with Crippen LogP contribution >= 0.6 is 0 Å². The number of hydrogen-bond acceptors (Lipinski definition) is 2. The smallest absolute Gasteiger partial charge is 0.410 e. The fourth-order valence-corrected chi connectivity index (χ4v) is 2.98. The number of hydrogen-bond donors (Lipinski definition) is 1. The van der Waals surface area contributed by atoms with E-state index in [1.165, 1.54) is 0 Å². The van der Waals surface area contributed by atoms with E-state index < -0.39 is 5.60 Å². The van der Waals surface area contributed by atoms with Gasteiger partial charge in [-0.2, -0.15) is 0 Å². The van der Waals surface area contributed by atoms with Crippen molar-refractivity contribution in [3.63, 3.8) is 0 Å². The van der Waals surface area contributed by atoms with Crippen LogP contribution < -0.4 is 5.46 Å². The van der Waals surface area contributed by atoms with E-state index in [2.05, 4.69) is 11.1 Å². The average Bonchev–Trinajstić information content (AvgIpc) is 3.01. The summed E-state index contributed by atoms with van der Waals surface area (Å²) in [4.78, 5) is 17.6. The van der Waals surface area contributed by atoms with Crippen LogP contribution in [0, 0.1) is 0 Å². The number of aromatic amines is 1. The summed E-state index contributed by atoms with van der Waals surface area (Å²) >= 11 is 0. The fraction of sp³-hybridized carbons (Fsp3) is 0.471. The van der Waals surface area contributed by atoms with Gasteiger partial charge in [0, 0.05) is 17.8 Å². The van der Waals surface area contributed by atoms with Crippen LogP contribution in [-0.4, -0.2) is 36.0 Å². The van der Waals surface area contributed by atoms with Crippen molar-refractivity contribution < 1.29 is 9.53 Å². The minimum Gasteiger partial charge on any atom is -0.444 e. The van der Waals surface area contributed by atoms with E-state index >= 15 is 0 Å². The molecule has 1 aromatic heterocycles. The van der Waals surface area contributed by atoms with Gasteiger partial charge in [0.25, 0.3) is 0 Å². The largest absolute Gasteiger partial charge is 0.444 e. The Morgan fingerprint density at radius 3 is 2.86 bits per heavy atom. The summed E-state index contributed by atoms with van der Waals surface area (Å²) in [5.41, 5.74) is 2.36. The van der Waals surface area contributed by atoms with E-state index in [-0.39, 0.29) is 12.1 Å². The third-order valence-electron chi connectivity index (χ3n) is 3.91. The first-order valence-corrected chi connectivity index (χ1v) is 7.71. The highest BCUT2D eigenvalue weighted by Gasteiger charge is 2.33. The number of carbonyl (C=O) groups is 1. The molecule has 1 saturated heterocycles. The van der Waals surface area contributed by atoms with E-state index in [0.717, 1.165) is 41.4 Å². The molecular formula is C17H21BN2O2. The van der Waals surface area contributed by atoms with E-state index in [0.29, 0.717) is 0 Å². The highest BCUT2D eigenvalue weighted by atomic mass is 16.6. The normalized spacial score (nSPS) is 18.9. The summed E-state index contributed by atoms with van der Waals surface area (Å²) in [5.74, 6) is 0. The van der Waals surface area contributed by atoms with Crippen molar-refractivity contribution in [1.29, 1.82) is 0 Å². The molecule has 4 nitrogen and oxygen atoms in total. The molecule has 1 atom stereocenters. The Kier molecular flexibility index (Phi) is 3.67. The van der Waals surface area contributed by atoms with Gasteiger partial charge in [-0.3, -0.25) is 4.90 Å². The predicted octanol–water partition coefficient (Wildman–Crippen LogP) is 3.03. The number of fused-ring (bicyclic) bond motifs is 1. The van der Waals surface area contributed by atoms with E-state index in [4.69, 9.17) is 12.6 Å². The molecule has 1 N–H and O–H groups in total. The maximum Gasteiger partial charge on any atom is 0.410 e. The predicted molar refractivity (Wildman–Crippen MR) is 88.6 cm³/mol. The molecule has 0 spiro atoms. The second-order valence-electron chi connectivity index (χ2n) is 6.90. The van der Waals surface area contributed by atoms with Gasteiger partial charge in [0.1, 0.15) is 13.4 Å². The molecule has 3 rings (SSSR count). The standard InChI is InChI=1S/C17H21BN2O2/c1-17(2,3)22-16(21)20-8-4-5-15(20)14-10-11-9-12(18)6-7-13(11)19-14/h6-7,9-10,15,19H,4-5,8H2,1-3H3. The number of ether oxygens (including phenoxy) is 1. The monoisotopic (exact) mass is 296 g/mol. The van der Waals surface area contributed by atoms with Crippen molar-refractivity contribution in [2.45, 2.75) is 45.3 Å². The first-order chi connectivity index (χ1) is 10.3. The molecule has 114 valence electrons. The number of benzene rings is 1. The lowest BCUT2D eigenvalue weighted by atomic mass is 9.95. The van der Waals surface area contributed by atoms with Crippen molar-refractivity contribution in [2.75, 3.05) is 6.54 Å². The van der Waals surface area contributed by atoms with Crippen molar-refractivity contribution in [3.8, 4) is 0 Å². The Morgan fingerprint density at radius 1 is 1.36 bits per heavy atom. The molecule has 1 amide bonds. The Bertz CT molecular complexity index is 702. The topological polar surface area (TPSA) is 45.3 Å². The lowest BCUT2D eigenvalue weighted by molar-refractivity contribution is 0.0222. The van der Waals surface area contributed by atoms with Gasteiger partial charge < -0.3 is 9.72 Å². The number of H-pyrrole nitrogens is 1. The number of rotatable bonds is 1. The van der Waals surface area contributed by atoms with Crippen LogP contribution in [0.4, 0.5) is 4.79 Å². The van der Waals surface area contributed by atoms with Gasteiger partial charge in [-0.25, -0.2) is 4.79 Å². The minimum atomic E-state index is -0.473. The van der Waals surface area contributed by atoms with Crippen LogP contribution in [-0.2, 0) is 4.74 Å². The second kappa shape index (κ2) is 5.38. The Morgan fingerprint density at radius 2 is 2.14 bits per heavy atom. The molecule has 2 radical (unpaired) electrons. The molecule has 0 saturated carbocycles. The molecule has 5 heteroatoms. The van der Waals surface area contributed by atoms with Gasteiger partial charge in [0.05, 0.1) is 6.04 Å². The highest BCUT2D eigenvalue weighted by molar-refractivity contribution is 6.33. The van der Waals surface area contributed by atoms with E-state index in [1.807, 2.05) is 43.9 Å². The van der Waals surface area contributed by atoms with Gasteiger partial charge in [0.2, 0.25) is 0 Å². The number of amides is 1. The van der Waals surface area contributed by atoms with Crippen LogP contribution in [0.2, 0.25) is 0 Å². The van der Waals surface area contributed by atoms with Crippen molar-refractivity contribution in [2.24, 2.45) is 0 Å². The lowest BCUT2D eigenvalue weighted by Gasteiger charge is -2.28. The fourth-order valence-electron chi connectivity index (χ4n) is 2.98. The molecule has 1 aromatic carbocycles. The van der Waals surface area contributed by atoms with Gasteiger partial charge in [-0.05, 0) is 51.1 Å². The zero-order chi connectivity index (χ0) is 15.9. The Balaban J connectivity index is 1.86. The molecule has 0 aliphatic carbocycles. The SMILES string of the molecule is [B]c1ccc2[nH]c(C3CCCN3C(=O)OC(C)(C)C)cc2c1. The maximum atomic E-state index is 12.4. The summed E-state index contributed by atoms with van der Waals surface area (Å²) < 4.78 is 5.52. The van der Waals surface area contributed by atoms with Crippen molar-refractivity contribution in [1.82, 2.24) is 9.88 Å². The van der Waals surface area contributed by atoms with Crippen LogP contribution in [0.5, 0.6) is 0 Å². The summed E-state index contributed by atoms with van der Waals surface area (Å²) in [7, 11) is 5.83. The van der Waals surface area contributed by atoms with Crippen LogP contribution in [0.25, 0.3) is 10.9 Å². The lowest BCUT2D eigenvalue weighted by Crippen LogP contribution is -2.36. The minimum absolute atomic E-state index is 0.0449. The Hall–Kier alpha value is -1.91. The first kappa shape index (κ1) is 15.0. The average molecular weight is 296 g/mol. The second-order valence-corrected chi connectivity index (χ2v) is 6.90. The third-order valence-corrected chi connectivity index (χ3v) is 3.91. The van der Waals surface area contributed by atoms with Crippen LogP contribution in [0.15, 0.2) is 24.3 Å². The zero-order valence-electron chi connectivity index (χ0n) is 13.3. The van der Waals surface area contributed by atoms with E-state index in [9.17, 15) is 4.79 Å². The van der Waals surface area contributed by atoms with Gasteiger partial charge in [-0.15, -0.1) is 0 Å². The van der Waals surface area contributed by atoms with Crippen LogP contribution in [0.3, 0.4) is 0 Å². The number of nitrogens with one attached hydrogen (secondary N) is 1. The van der Waals surface area contributed by atoms with Gasteiger partial charge >= 0.3 is 6.09 Å². The number of carbonyl (C=O) groups excluding carboxylic acids is 1. The number of nitrogens with zero attached hydrogens (tertiary/aromatic N) is 1. The number of aromatic nitrogens is 1. The maximum absolute atomic E-state index is 12.4. The van der Waals surface area contributed by atoms with Crippen molar-refractivity contribution in [3.05, 3.63) is 30.0 Å². The summed E-state index contributed by atoms with van der Waals surface area (Å²) in [6.07, 6.45) is 1.69. The van der Waals surface area contributed by atoms with Gasteiger partial charge in [0.15, 0.2) is 0 Å². The summed E-state index contributed by atoms with van der Waals surface area (Å²) in [5, 5.41) is 1.08. The highest BCUT2D eigenvalue weighted by Crippen LogP contribution is 2.34. The summed E-state index contributed by atoms with van der Waals surface area (Å²) in [6, 6.07) is 7.92. The molecule has 1 unspecified atom stereocenters. The Labute approximate surface area is 132 Å². The molecule has 22 heavy (non-hydrogen) atoms. The zero-order valence-corrected chi connectivity index (χ0v) is 13.3. The van der Waals surface area contributed by atoms with Gasteiger partial charge in [-0.1, -0.05) is 17.6 Å². The van der Waals surface area contributed by atoms with Crippen molar-refractivity contribution >= 4 is 30.3 Å². The molecule has 2 heterocycles. The molecule has 1 aliphatic rings.